The van der Waals surface area contributed by atoms with Gasteiger partial charge in [0.1, 0.15) is 6.33 Å². The highest BCUT2D eigenvalue weighted by molar-refractivity contribution is 6.33. The van der Waals surface area contributed by atoms with E-state index in [1.165, 1.54) is 6.33 Å². The third-order valence-electron chi connectivity index (χ3n) is 4.68. The van der Waals surface area contributed by atoms with Gasteiger partial charge in [-0.25, -0.2) is 19.9 Å². The molecule has 8 nitrogen and oxygen atoms in total. The molecule has 0 unspecified atom stereocenters. The number of nitrogens with zero attached hydrogens (tertiary/aromatic N) is 6. The highest BCUT2D eigenvalue weighted by Gasteiger charge is 2.14. The van der Waals surface area contributed by atoms with Crippen LogP contribution in [0.3, 0.4) is 0 Å². The van der Waals surface area contributed by atoms with Crippen LogP contribution in [-0.2, 0) is 0 Å². The normalized spacial score (nSPS) is 11.0. The van der Waals surface area contributed by atoms with E-state index in [-0.39, 0.29) is 0 Å². The number of aryl methyl sites for hydroxylation is 1. The summed E-state index contributed by atoms with van der Waals surface area (Å²) >= 11 is 6.15. The molecule has 0 saturated heterocycles. The van der Waals surface area contributed by atoms with E-state index in [2.05, 4.69) is 52.6 Å². The molecule has 30 heavy (non-hydrogen) atoms. The van der Waals surface area contributed by atoms with E-state index in [1.807, 2.05) is 19.1 Å². The van der Waals surface area contributed by atoms with Gasteiger partial charge in [-0.2, -0.15) is 10.1 Å². The highest BCUT2D eigenvalue weighted by Crippen LogP contribution is 2.31. The van der Waals surface area contributed by atoms with Crippen molar-refractivity contribution in [3.8, 4) is 22.5 Å². The summed E-state index contributed by atoms with van der Waals surface area (Å²) in [6.07, 6.45) is 6.64. The molecule has 0 fully saturated rings. The number of pyridine rings is 1. The zero-order chi connectivity index (χ0) is 20.5. The molecule has 146 valence electrons. The van der Waals surface area contributed by atoms with Crippen LogP contribution in [0.2, 0.25) is 5.02 Å². The average molecular weight is 415 g/mol. The first-order chi connectivity index (χ1) is 14.7. The van der Waals surface area contributed by atoms with Crippen LogP contribution in [0.4, 0.5) is 11.8 Å². The quantitative estimate of drug-likeness (QED) is 0.443. The Balaban J connectivity index is 1.54. The summed E-state index contributed by atoms with van der Waals surface area (Å²) in [6.45, 7) is 2.05. The van der Waals surface area contributed by atoms with Crippen LogP contribution in [0.5, 0.6) is 0 Å². The SMILES string of the molecule is Cc1ccc(-c2ccncn2)cc1-c1[nH]nc2nc(Nc3ncccc3Cl)ncc12. The van der Waals surface area contributed by atoms with Gasteiger partial charge < -0.3 is 5.32 Å². The molecule has 4 aromatic heterocycles. The Hall–Kier alpha value is -3.91. The zero-order valence-corrected chi connectivity index (χ0v) is 16.6. The summed E-state index contributed by atoms with van der Waals surface area (Å²) in [6, 6.07) is 11.5. The van der Waals surface area contributed by atoms with Crippen molar-refractivity contribution in [2.75, 3.05) is 5.32 Å². The number of halogens is 1. The topological polar surface area (TPSA) is 105 Å². The number of rotatable bonds is 4. The number of benzene rings is 1. The van der Waals surface area contributed by atoms with Gasteiger partial charge in [0.2, 0.25) is 5.95 Å². The number of nitrogens with one attached hydrogen (secondary N) is 2. The largest absolute Gasteiger partial charge is 0.307 e. The third-order valence-corrected chi connectivity index (χ3v) is 4.99. The van der Waals surface area contributed by atoms with Gasteiger partial charge in [-0.3, -0.25) is 5.10 Å². The lowest BCUT2D eigenvalue weighted by Gasteiger charge is -2.08. The second kappa shape index (κ2) is 7.49. The first kappa shape index (κ1) is 18.1. The van der Waals surface area contributed by atoms with E-state index >= 15 is 0 Å². The first-order valence-corrected chi connectivity index (χ1v) is 9.53. The fourth-order valence-corrected chi connectivity index (χ4v) is 3.33. The maximum atomic E-state index is 6.15. The molecule has 0 amide bonds. The van der Waals surface area contributed by atoms with Gasteiger partial charge in [0, 0.05) is 29.7 Å². The van der Waals surface area contributed by atoms with E-state index in [1.54, 1.807) is 30.7 Å². The van der Waals surface area contributed by atoms with E-state index in [4.69, 9.17) is 11.6 Å². The monoisotopic (exact) mass is 414 g/mol. The van der Waals surface area contributed by atoms with E-state index in [0.29, 0.717) is 22.4 Å². The molecular formula is C21H15ClN8. The number of H-pyrrole nitrogens is 1. The predicted octanol–water partition coefficient (Wildman–Crippen LogP) is 4.58. The summed E-state index contributed by atoms with van der Waals surface area (Å²) < 4.78 is 0. The Morgan fingerprint density at radius 1 is 1.03 bits per heavy atom. The average Bonchev–Trinajstić information content (AvgIpc) is 3.19. The van der Waals surface area contributed by atoms with Crippen molar-refractivity contribution in [2.24, 2.45) is 0 Å². The molecule has 1 aromatic carbocycles. The Morgan fingerprint density at radius 3 is 2.80 bits per heavy atom. The van der Waals surface area contributed by atoms with Crippen LogP contribution in [0.1, 0.15) is 5.56 Å². The molecular weight excluding hydrogens is 400 g/mol. The smallest absolute Gasteiger partial charge is 0.230 e. The Kier molecular flexibility index (Phi) is 4.53. The van der Waals surface area contributed by atoms with Crippen LogP contribution < -0.4 is 5.32 Å². The summed E-state index contributed by atoms with van der Waals surface area (Å²) in [5.74, 6) is 0.857. The summed E-state index contributed by atoms with van der Waals surface area (Å²) in [5, 5.41) is 11.8. The summed E-state index contributed by atoms with van der Waals surface area (Å²) in [4.78, 5) is 21.4. The minimum Gasteiger partial charge on any atom is -0.307 e. The zero-order valence-electron chi connectivity index (χ0n) is 15.8. The van der Waals surface area contributed by atoms with Crippen molar-refractivity contribution in [3.63, 3.8) is 0 Å². The van der Waals surface area contributed by atoms with Crippen LogP contribution >= 0.6 is 11.6 Å². The summed E-state index contributed by atoms with van der Waals surface area (Å²) in [5.41, 5.74) is 5.34. The Labute approximate surface area is 176 Å². The molecule has 0 aliphatic carbocycles. The minimum atomic E-state index is 0.368. The van der Waals surface area contributed by atoms with Gasteiger partial charge >= 0.3 is 0 Å². The van der Waals surface area contributed by atoms with Gasteiger partial charge in [0.05, 0.1) is 21.8 Å². The van der Waals surface area contributed by atoms with E-state index < -0.39 is 0 Å². The number of aromatic nitrogens is 7. The molecule has 0 aliphatic heterocycles. The fourth-order valence-electron chi connectivity index (χ4n) is 3.16. The number of anilines is 2. The van der Waals surface area contributed by atoms with Crippen molar-refractivity contribution in [3.05, 3.63) is 71.9 Å². The molecule has 0 bridgehead atoms. The van der Waals surface area contributed by atoms with Crippen molar-refractivity contribution < 1.29 is 0 Å². The molecule has 0 spiro atoms. The standard InChI is InChI=1S/C21H15ClN8/c1-12-4-5-13(17-6-8-23-11-26-17)9-14(12)18-15-10-25-21(27-19(15)30-29-18)28-20-16(22)3-2-7-24-20/h2-11H,1H3,(H2,24,25,27,28,29,30). The molecule has 5 rings (SSSR count). The molecule has 0 aliphatic rings. The Morgan fingerprint density at radius 2 is 1.97 bits per heavy atom. The minimum absolute atomic E-state index is 0.368. The van der Waals surface area contributed by atoms with Crippen LogP contribution in [0, 0.1) is 6.92 Å². The fraction of sp³-hybridized carbons (Fsp3) is 0.0476. The maximum Gasteiger partial charge on any atom is 0.230 e. The first-order valence-electron chi connectivity index (χ1n) is 9.15. The van der Waals surface area contributed by atoms with Gasteiger partial charge in [0.25, 0.3) is 0 Å². The number of hydrogen-bond donors (Lipinski definition) is 2. The number of aromatic amines is 1. The lowest BCUT2D eigenvalue weighted by Crippen LogP contribution is -1.99. The molecule has 0 atom stereocenters. The lowest BCUT2D eigenvalue weighted by molar-refractivity contribution is 1.09. The van der Waals surface area contributed by atoms with E-state index in [9.17, 15) is 0 Å². The second-order valence-electron chi connectivity index (χ2n) is 6.61. The molecule has 9 heteroatoms. The highest BCUT2D eigenvalue weighted by atomic mass is 35.5. The Bertz CT molecular complexity index is 1350. The predicted molar refractivity (Wildman–Crippen MR) is 115 cm³/mol. The second-order valence-corrected chi connectivity index (χ2v) is 7.02. The third kappa shape index (κ3) is 3.33. The van der Waals surface area contributed by atoms with Crippen LogP contribution in [-0.4, -0.2) is 35.1 Å². The molecule has 4 heterocycles. The number of hydrogen-bond acceptors (Lipinski definition) is 7. The van der Waals surface area contributed by atoms with Crippen molar-refractivity contribution in [1.29, 1.82) is 0 Å². The maximum absolute atomic E-state index is 6.15. The van der Waals surface area contributed by atoms with E-state index in [0.717, 1.165) is 33.5 Å². The van der Waals surface area contributed by atoms with Crippen molar-refractivity contribution in [2.45, 2.75) is 6.92 Å². The van der Waals surface area contributed by atoms with Crippen molar-refractivity contribution in [1.82, 2.24) is 35.1 Å². The molecule has 2 N–H and O–H groups in total. The molecule has 0 radical (unpaired) electrons. The molecule has 0 saturated carbocycles. The van der Waals surface area contributed by atoms with Gasteiger partial charge in [-0.15, -0.1) is 0 Å². The van der Waals surface area contributed by atoms with Crippen molar-refractivity contribution >= 4 is 34.4 Å². The lowest BCUT2D eigenvalue weighted by atomic mass is 9.99. The summed E-state index contributed by atoms with van der Waals surface area (Å²) in [7, 11) is 0. The van der Waals surface area contributed by atoms with Gasteiger partial charge in [0.15, 0.2) is 11.5 Å². The van der Waals surface area contributed by atoms with Crippen LogP contribution in [0.15, 0.2) is 61.3 Å². The van der Waals surface area contributed by atoms with Crippen LogP contribution in [0.25, 0.3) is 33.5 Å². The molecule has 5 aromatic rings. The van der Waals surface area contributed by atoms with Gasteiger partial charge in [-0.1, -0.05) is 23.7 Å². The van der Waals surface area contributed by atoms with Gasteiger partial charge in [-0.05, 0) is 36.8 Å². The number of fused-ring (bicyclic) bond motifs is 1.